The largest absolute Gasteiger partial charge is 0.338 e. The Balaban J connectivity index is 1.55. The van der Waals surface area contributed by atoms with E-state index < -0.39 is 0 Å². The van der Waals surface area contributed by atoms with E-state index in [0.29, 0.717) is 30.2 Å². The van der Waals surface area contributed by atoms with E-state index in [9.17, 15) is 9.18 Å². The molecule has 1 amide bonds. The van der Waals surface area contributed by atoms with Gasteiger partial charge in [-0.05, 0) is 55.9 Å². The van der Waals surface area contributed by atoms with Gasteiger partial charge in [0.15, 0.2) is 0 Å². The van der Waals surface area contributed by atoms with E-state index in [4.69, 9.17) is 4.52 Å². The molecule has 1 saturated heterocycles. The number of rotatable bonds is 7. The Morgan fingerprint density at radius 3 is 2.38 bits per heavy atom. The normalized spacial score (nSPS) is 14.1. The molecule has 190 valence electrons. The minimum absolute atomic E-state index is 0.0665. The summed E-state index contributed by atoms with van der Waals surface area (Å²) < 4.78 is 19.6. The number of aromatic nitrogens is 1. The fraction of sp³-hybridized carbons (Fsp3) is 0.267. The van der Waals surface area contributed by atoms with Gasteiger partial charge in [0.1, 0.15) is 11.5 Å². The summed E-state index contributed by atoms with van der Waals surface area (Å²) in [5.41, 5.74) is 4.90. The number of amides is 1. The van der Waals surface area contributed by atoms with Crippen LogP contribution in [0.25, 0.3) is 11.3 Å². The van der Waals surface area contributed by atoms with Gasteiger partial charge in [0.2, 0.25) is 5.88 Å². The van der Waals surface area contributed by atoms with Crippen molar-refractivity contribution in [1.82, 2.24) is 15.0 Å². The number of piperazine rings is 1. The van der Waals surface area contributed by atoms with Crippen LogP contribution in [0, 0.1) is 12.7 Å². The highest BCUT2D eigenvalue weighted by atomic mass is 19.1. The van der Waals surface area contributed by atoms with Gasteiger partial charge < -0.3 is 19.2 Å². The summed E-state index contributed by atoms with van der Waals surface area (Å²) in [6.45, 7) is 6.13. The van der Waals surface area contributed by atoms with Gasteiger partial charge in [0.05, 0.1) is 12.1 Å². The Bertz CT molecular complexity index is 1350. The number of nitrogens with zero attached hydrogens (tertiary/aromatic N) is 4. The average molecular weight is 499 g/mol. The fourth-order valence-corrected chi connectivity index (χ4v) is 4.69. The maximum atomic E-state index is 13.9. The van der Waals surface area contributed by atoms with Crippen molar-refractivity contribution in [2.75, 3.05) is 38.1 Å². The number of carbonyl (C=O) groups excluding carboxylic acids is 1. The molecule has 0 N–H and O–H groups in total. The average Bonchev–Trinajstić information content (AvgIpc) is 3.33. The van der Waals surface area contributed by atoms with E-state index in [1.54, 1.807) is 12.1 Å². The first-order valence-electron chi connectivity index (χ1n) is 12.6. The van der Waals surface area contributed by atoms with Gasteiger partial charge in [-0.15, -0.1) is 0 Å². The number of anilines is 1. The molecule has 2 heterocycles. The lowest BCUT2D eigenvalue weighted by atomic mass is 10.0. The summed E-state index contributed by atoms with van der Waals surface area (Å²) in [4.78, 5) is 20.2. The number of carbonyl (C=O) groups is 1. The zero-order valence-corrected chi connectivity index (χ0v) is 21.2. The van der Waals surface area contributed by atoms with Gasteiger partial charge in [0, 0.05) is 43.9 Å². The Hall–Kier alpha value is -3.97. The third-order valence-corrected chi connectivity index (χ3v) is 6.79. The Labute approximate surface area is 216 Å². The summed E-state index contributed by atoms with van der Waals surface area (Å²) in [6, 6.07) is 23.9. The number of benzene rings is 3. The number of halogens is 1. The maximum Gasteiger partial charge on any atom is 0.254 e. The first-order chi connectivity index (χ1) is 18.0. The number of likely N-dealkylation sites (N-methyl/N-ethyl adjacent to an activating group) is 1. The highest BCUT2D eigenvalue weighted by Gasteiger charge is 2.28. The third-order valence-electron chi connectivity index (χ3n) is 6.79. The monoisotopic (exact) mass is 498 g/mol. The summed E-state index contributed by atoms with van der Waals surface area (Å²) in [6.07, 6.45) is 0. The first kappa shape index (κ1) is 24.7. The minimum atomic E-state index is -0.312. The lowest BCUT2D eigenvalue weighted by Gasteiger charge is -2.33. The fourth-order valence-electron chi connectivity index (χ4n) is 4.69. The molecule has 0 unspecified atom stereocenters. The third kappa shape index (κ3) is 5.73. The molecule has 1 fully saturated rings. The zero-order chi connectivity index (χ0) is 25.8. The predicted octanol–water partition coefficient (Wildman–Crippen LogP) is 5.38. The van der Waals surface area contributed by atoms with Crippen LogP contribution >= 0.6 is 0 Å². The summed E-state index contributed by atoms with van der Waals surface area (Å²) >= 11 is 0. The Kier molecular flexibility index (Phi) is 7.32. The van der Waals surface area contributed by atoms with Crippen LogP contribution in [0.15, 0.2) is 83.4 Å². The maximum absolute atomic E-state index is 13.9. The van der Waals surface area contributed by atoms with Crippen molar-refractivity contribution in [2.45, 2.75) is 20.0 Å². The van der Waals surface area contributed by atoms with Crippen molar-refractivity contribution in [3.63, 3.8) is 0 Å². The highest BCUT2D eigenvalue weighted by Crippen LogP contribution is 2.34. The van der Waals surface area contributed by atoms with Gasteiger partial charge >= 0.3 is 0 Å². The number of aryl methyl sites for hydroxylation is 1. The highest BCUT2D eigenvalue weighted by molar-refractivity contribution is 5.94. The lowest BCUT2D eigenvalue weighted by Crippen LogP contribution is -2.44. The van der Waals surface area contributed by atoms with Crippen LogP contribution in [-0.2, 0) is 13.1 Å². The zero-order valence-electron chi connectivity index (χ0n) is 21.2. The van der Waals surface area contributed by atoms with Crippen molar-refractivity contribution < 1.29 is 13.7 Å². The molecule has 0 bridgehead atoms. The molecule has 6 nitrogen and oxygen atoms in total. The van der Waals surface area contributed by atoms with Crippen molar-refractivity contribution in [3.8, 4) is 11.3 Å². The van der Waals surface area contributed by atoms with Gasteiger partial charge in [-0.1, -0.05) is 53.2 Å². The summed E-state index contributed by atoms with van der Waals surface area (Å²) in [5, 5.41) is 4.43. The van der Waals surface area contributed by atoms with Gasteiger partial charge in [-0.3, -0.25) is 4.79 Å². The molecule has 1 aromatic heterocycles. The number of hydrogen-bond acceptors (Lipinski definition) is 5. The molecule has 3 aromatic carbocycles. The van der Waals surface area contributed by atoms with E-state index in [1.807, 2.05) is 66.4 Å². The second-order valence-electron chi connectivity index (χ2n) is 9.63. The quantitative estimate of drug-likeness (QED) is 0.342. The Morgan fingerprint density at radius 1 is 0.946 bits per heavy atom. The van der Waals surface area contributed by atoms with E-state index in [1.165, 1.54) is 12.1 Å². The van der Waals surface area contributed by atoms with Crippen LogP contribution in [0.3, 0.4) is 0 Å². The van der Waals surface area contributed by atoms with Crippen LogP contribution in [0.1, 0.15) is 27.0 Å². The SMILES string of the molecule is Cc1cccc(C(=O)N(Cc2ccccc2)Cc2c(-c3ccc(F)cc3)noc2N2CCN(C)CC2)c1. The smallest absolute Gasteiger partial charge is 0.254 e. The van der Waals surface area contributed by atoms with Crippen LogP contribution in [-0.4, -0.2) is 54.1 Å². The molecule has 0 atom stereocenters. The Morgan fingerprint density at radius 2 is 1.68 bits per heavy atom. The molecule has 0 spiro atoms. The van der Waals surface area contributed by atoms with Crippen LogP contribution in [0.4, 0.5) is 10.3 Å². The van der Waals surface area contributed by atoms with Crippen molar-refractivity contribution in [1.29, 1.82) is 0 Å². The molecule has 1 aliphatic heterocycles. The van der Waals surface area contributed by atoms with Crippen LogP contribution in [0.5, 0.6) is 0 Å². The molecule has 0 saturated carbocycles. The molecular weight excluding hydrogens is 467 g/mol. The van der Waals surface area contributed by atoms with E-state index in [-0.39, 0.29) is 11.7 Å². The second-order valence-corrected chi connectivity index (χ2v) is 9.63. The first-order valence-corrected chi connectivity index (χ1v) is 12.6. The van der Waals surface area contributed by atoms with Crippen LogP contribution in [0.2, 0.25) is 0 Å². The van der Waals surface area contributed by atoms with Crippen molar-refractivity contribution in [3.05, 3.63) is 107 Å². The molecule has 1 aliphatic rings. The van der Waals surface area contributed by atoms with E-state index in [2.05, 4.69) is 22.0 Å². The molecule has 5 rings (SSSR count). The van der Waals surface area contributed by atoms with E-state index >= 15 is 0 Å². The van der Waals surface area contributed by atoms with E-state index in [0.717, 1.165) is 48.4 Å². The molecule has 37 heavy (non-hydrogen) atoms. The summed E-state index contributed by atoms with van der Waals surface area (Å²) in [5.74, 6) is 0.291. The van der Waals surface area contributed by atoms with Gasteiger partial charge in [0.25, 0.3) is 5.91 Å². The molecule has 4 aromatic rings. The standard InChI is InChI=1S/C30H31FN4O2/c1-22-7-6-10-25(19-22)29(36)35(20-23-8-4-3-5-9-23)21-27-28(24-11-13-26(31)14-12-24)32-37-30(27)34-17-15-33(2)16-18-34/h3-14,19H,15-18,20-21H2,1-2H3. The topological polar surface area (TPSA) is 52.8 Å². The van der Waals surface area contributed by atoms with Crippen molar-refractivity contribution >= 4 is 11.8 Å². The van der Waals surface area contributed by atoms with Gasteiger partial charge in [-0.25, -0.2) is 4.39 Å². The minimum Gasteiger partial charge on any atom is -0.338 e. The van der Waals surface area contributed by atoms with Crippen LogP contribution < -0.4 is 4.90 Å². The molecular formula is C30H31FN4O2. The molecule has 0 radical (unpaired) electrons. The second kappa shape index (κ2) is 11.0. The molecule has 7 heteroatoms. The summed E-state index contributed by atoms with van der Waals surface area (Å²) in [7, 11) is 2.10. The predicted molar refractivity (Wildman–Crippen MR) is 143 cm³/mol. The van der Waals surface area contributed by atoms with Gasteiger partial charge in [-0.2, -0.15) is 0 Å². The number of hydrogen-bond donors (Lipinski definition) is 0. The lowest BCUT2D eigenvalue weighted by molar-refractivity contribution is 0.0730. The molecule has 0 aliphatic carbocycles. The van der Waals surface area contributed by atoms with Crippen molar-refractivity contribution in [2.24, 2.45) is 0 Å².